The Balaban J connectivity index is 1.28. The third-order valence-corrected chi connectivity index (χ3v) is 6.68. The second-order valence-electron chi connectivity index (χ2n) is 8.74. The third-order valence-electron chi connectivity index (χ3n) is 6.68. The van der Waals surface area contributed by atoms with E-state index in [4.69, 9.17) is 0 Å². The lowest BCUT2D eigenvalue weighted by molar-refractivity contribution is -0.132. The molecule has 6 heteroatoms. The Morgan fingerprint density at radius 3 is 2.46 bits per heavy atom. The van der Waals surface area contributed by atoms with Crippen LogP contribution in [0.5, 0.6) is 0 Å². The molecule has 0 unspecified atom stereocenters. The van der Waals surface area contributed by atoms with Crippen LogP contribution in [0.4, 0.5) is 0 Å². The maximum absolute atomic E-state index is 12.7. The van der Waals surface area contributed by atoms with E-state index < -0.39 is 0 Å². The van der Waals surface area contributed by atoms with E-state index in [2.05, 4.69) is 33.4 Å². The van der Waals surface area contributed by atoms with E-state index in [9.17, 15) is 4.79 Å². The van der Waals surface area contributed by atoms with Crippen molar-refractivity contribution in [2.24, 2.45) is 13.0 Å². The predicted octanol–water partition coefficient (Wildman–Crippen LogP) is 3.29. The van der Waals surface area contributed by atoms with Crippen LogP contribution < -0.4 is 0 Å². The number of carbonyl (C=O) groups is 1. The summed E-state index contributed by atoms with van der Waals surface area (Å²) in [5, 5.41) is 4.46. The first-order valence-electron chi connectivity index (χ1n) is 10.7. The Morgan fingerprint density at radius 1 is 1.14 bits per heavy atom. The molecule has 3 heterocycles. The van der Waals surface area contributed by atoms with Crippen molar-refractivity contribution >= 4 is 5.91 Å². The normalized spacial score (nSPS) is 18.1. The number of piperidine rings is 1. The van der Waals surface area contributed by atoms with E-state index in [1.54, 1.807) is 0 Å². The molecule has 0 radical (unpaired) electrons. The largest absolute Gasteiger partial charge is 0.343 e. The fourth-order valence-electron chi connectivity index (χ4n) is 4.58. The summed E-state index contributed by atoms with van der Waals surface area (Å²) in [7, 11) is 1.97. The van der Waals surface area contributed by atoms with Crippen LogP contribution >= 0.6 is 0 Å². The Hall–Kier alpha value is -2.11. The quantitative estimate of drug-likeness (QED) is 0.769. The fraction of sp³-hybridized carbons (Fsp3) is 0.682. The van der Waals surface area contributed by atoms with Gasteiger partial charge in [0.25, 0.3) is 0 Å². The fourth-order valence-corrected chi connectivity index (χ4v) is 4.58. The van der Waals surface area contributed by atoms with Crippen LogP contribution in [0.2, 0.25) is 0 Å². The van der Waals surface area contributed by atoms with Crippen molar-refractivity contribution in [2.45, 2.75) is 71.8 Å². The molecule has 0 aromatic carbocycles. The number of rotatable bonds is 6. The molecular formula is C22H33N5O. The second kappa shape index (κ2) is 7.72. The van der Waals surface area contributed by atoms with Crippen molar-refractivity contribution in [2.75, 3.05) is 13.1 Å². The molecule has 2 aromatic rings. The van der Waals surface area contributed by atoms with Crippen molar-refractivity contribution in [3.63, 3.8) is 0 Å². The van der Waals surface area contributed by atoms with E-state index in [0.717, 1.165) is 44.6 Å². The number of carbonyl (C=O) groups excluding carboxylic acids is 1. The van der Waals surface area contributed by atoms with Gasteiger partial charge >= 0.3 is 0 Å². The highest BCUT2D eigenvalue weighted by Crippen LogP contribution is 2.40. The summed E-state index contributed by atoms with van der Waals surface area (Å²) in [4.78, 5) is 19.4. The molecule has 6 nitrogen and oxygen atoms in total. The van der Waals surface area contributed by atoms with E-state index in [1.165, 1.54) is 35.6 Å². The SMILES string of the molecule is Cc1nn(C)c(C)c1CCC(=O)N1CCC(Cn2c(C)cnc2C2CC2)CC1. The van der Waals surface area contributed by atoms with Gasteiger partial charge in [-0.1, -0.05) is 0 Å². The Morgan fingerprint density at radius 2 is 1.86 bits per heavy atom. The van der Waals surface area contributed by atoms with Crippen molar-refractivity contribution in [3.8, 4) is 0 Å². The van der Waals surface area contributed by atoms with Crippen LogP contribution in [0.1, 0.15) is 66.5 Å². The average molecular weight is 384 g/mol. The van der Waals surface area contributed by atoms with Gasteiger partial charge in [0, 0.05) is 56.6 Å². The van der Waals surface area contributed by atoms with Gasteiger partial charge in [0.1, 0.15) is 5.82 Å². The lowest BCUT2D eigenvalue weighted by atomic mass is 9.96. The monoisotopic (exact) mass is 383 g/mol. The van der Waals surface area contributed by atoms with Crippen LogP contribution in [0.15, 0.2) is 6.20 Å². The number of hydrogen-bond donors (Lipinski definition) is 0. The van der Waals surface area contributed by atoms with Crippen molar-refractivity contribution in [1.82, 2.24) is 24.2 Å². The van der Waals surface area contributed by atoms with Gasteiger partial charge in [0.05, 0.1) is 5.69 Å². The highest BCUT2D eigenvalue weighted by molar-refractivity contribution is 5.76. The van der Waals surface area contributed by atoms with Crippen LogP contribution in [-0.2, 0) is 24.8 Å². The summed E-state index contributed by atoms with van der Waals surface area (Å²) in [6, 6.07) is 0. The van der Waals surface area contributed by atoms with Gasteiger partial charge < -0.3 is 9.47 Å². The number of hydrogen-bond acceptors (Lipinski definition) is 3. The summed E-state index contributed by atoms with van der Waals surface area (Å²) in [6.45, 7) is 9.13. The molecule has 1 amide bonds. The molecule has 2 aromatic heterocycles. The van der Waals surface area contributed by atoms with Gasteiger partial charge in [-0.15, -0.1) is 0 Å². The average Bonchev–Trinajstić information content (AvgIpc) is 3.41. The van der Waals surface area contributed by atoms with Gasteiger partial charge in [-0.25, -0.2) is 4.98 Å². The number of aryl methyl sites for hydroxylation is 3. The van der Waals surface area contributed by atoms with Crippen LogP contribution in [-0.4, -0.2) is 43.2 Å². The molecule has 1 aliphatic heterocycles. The molecule has 1 saturated carbocycles. The van der Waals surface area contributed by atoms with Gasteiger partial charge in [-0.3, -0.25) is 9.48 Å². The van der Waals surface area contributed by atoms with Crippen LogP contribution in [0.3, 0.4) is 0 Å². The van der Waals surface area contributed by atoms with E-state index in [-0.39, 0.29) is 0 Å². The molecule has 0 spiro atoms. The zero-order valence-corrected chi connectivity index (χ0v) is 17.7. The second-order valence-corrected chi connectivity index (χ2v) is 8.74. The number of amides is 1. The molecule has 2 fully saturated rings. The molecule has 1 saturated heterocycles. The first-order valence-corrected chi connectivity index (χ1v) is 10.7. The molecule has 0 bridgehead atoms. The Labute approximate surface area is 167 Å². The van der Waals surface area contributed by atoms with Gasteiger partial charge in [-0.2, -0.15) is 5.10 Å². The molecule has 28 heavy (non-hydrogen) atoms. The number of imidazole rings is 1. The molecule has 0 N–H and O–H groups in total. The van der Waals surface area contributed by atoms with Crippen LogP contribution in [0, 0.1) is 26.7 Å². The summed E-state index contributed by atoms with van der Waals surface area (Å²) < 4.78 is 4.35. The zero-order valence-electron chi connectivity index (χ0n) is 17.7. The molecule has 152 valence electrons. The van der Waals surface area contributed by atoms with Crippen molar-refractivity contribution in [1.29, 1.82) is 0 Å². The number of aromatic nitrogens is 4. The summed E-state index contributed by atoms with van der Waals surface area (Å²) >= 11 is 0. The Bertz CT molecular complexity index is 853. The van der Waals surface area contributed by atoms with E-state index >= 15 is 0 Å². The zero-order chi connectivity index (χ0) is 19.8. The molecule has 0 atom stereocenters. The van der Waals surface area contributed by atoms with Crippen molar-refractivity contribution in [3.05, 3.63) is 34.7 Å². The van der Waals surface area contributed by atoms with Crippen LogP contribution in [0.25, 0.3) is 0 Å². The molecule has 2 aliphatic rings. The highest BCUT2D eigenvalue weighted by atomic mass is 16.2. The summed E-state index contributed by atoms with van der Waals surface area (Å²) in [5.41, 5.74) is 4.73. The van der Waals surface area contributed by atoms with Gasteiger partial charge in [0.15, 0.2) is 0 Å². The third kappa shape index (κ3) is 3.87. The summed E-state index contributed by atoms with van der Waals surface area (Å²) in [6.07, 6.45) is 8.18. The Kier molecular flexibility index (Phi) is 5.30. The number of nitrogens with zero attached hydrogens (tertiary/aromatic N) is 5. The summed E-state index contributed by atoms with van der Waals surface area (Å²) in [5.74, 6) is 2.92. The van der Waals surface area contributed by atoms with Gasteiger partial charge in [-0.05, 0) is 64.4 Å². The number of likely N-dealkylation sites (tertiary alicyclic amines) is 1. The minimum atomic E-state index is 0.290. The molecule has 4 rings (SSSR count). The van der Waals surface area contributed by atoms with E-state index in [0.29, 0.717) is 24.2 Å². The maximum Gasteiger partial charge on any atom is 0.222 e. The minimum absolute atomic E-state index is 0.290. The first kappa shape index (κ1) is 19.2. The smallest absolute Gasteiger partial charge is 0.222 e. The van der Waals surface area contributed by atoms with E-state index in [1.807, 2.05) is 24.9 Å². The standard InChI is InChI=1S/C22H33N5O/c1-15-13-23-22(19-5-6-19)27(15)14-18-9-11-26(12-10-18)21(28)8-7-20-16(2)24-25(4)17(20)3/h13,18-19H,5-12,14H2,1-4H3. The van der Waals surface area contributed by atoms with Gasteiger partial charge in [0.2, 0.25) is 5.91 Å². The molecular weight excluding hydrogens is 350 g/mol. The highest BCUT2D eigenvalue weighted by Gasteiger charge is 2.30. The van der Waals surface area contributed by atoms with Crippen molar-refractivity contribution < 1.29 is 4.79 Å². The topological polar surface area (TPSA) is 56.0 Å². The first-order chi connectivity index (χ1) is 13.4. The minimum Gasteiger partial charge on any atom is -0.343 e. The lowest BCUT2D eigenvalue weighted by Crippen LogP contribution is -2.39. The lowest BCUT2D eigenvalue weighted by Gasteiger charge is -2.32. The predicted molar refractivity (Wildman–Crippen MR) is 109 cm³/mol. The maximum atomic E-state index is 12.7. The molecule has 1 aliphatic carbocycles.